The first-order chi connectivity index (χ1) is 11.9. The molecule has 3 aromatic rings. The predicted octanol–water partition coefficient (Wildman–Crippen LogP) is 4.06. The monoisotopic (exact) mass is 346 g/mol. The van der Waals surface area contributed by atoms with Crippen molar-refractivity contribution in [3.63, 3.8) is 0 Å². The number of anilines is 2. The quantitative estimate of drug-likeness (QED) is 0.554. The van der Waals surface area contributed by atoms with Crippen molar-refractivity contribution < 1.29 is 0 Å². The second-order valence-corrected chi connectivity index (χ2v) is 11.7. The zero-order chi connectivity index (χ0) is 17.9. The minimum atomic E-state index is -1.38. The molecule has 1 aromatic heterocycles. The molecule has 0 aliphatic heterocycles. The summed E-state index contributed by atoms with van der Waals surface area (Å²) < 4.78 is 0. The third-order valence-electron chi connectivity index (χ3n) is 3.61. The number of hydrogen-bond donors (Lipinski definition) is 2. The first-order valence-electron chi connectivity index (χ1n) is 8.29. The maximum atomic E-state index is 5.62. The number of nitrogens with zero attached hydrogens (tertiary/aromatic N) is 2. The van der Waals surface area contributed by atoms with Crippen LogP contribution in [0.15, 0.2) is 48.7 Å². The number of fused-ring (bicyclic) bond motifs is 1. The summed E-state index contributed by atoms with van der Waals surface area (Å²) in [5.74, 6) is 3.85. The Kier molecular flexibility index (Phi) is 4.84. The topological polar surface area (TPSA) is 63.8 Å². The van der Waals surface area contributed by atoms with Gasteiger partial charge >= 0.3 is 0 Å². The number of hydrogen-bond acceptors (Lipinski definition) is 4. The summed E-state index contributed by atoms with van der Waals surface area (Å²) in [6, 6.07) is 14.0. The second-order valence-electron chi connectivity index (χ2n) is 6.99. The molecule has 0 aliphatic carbocycles. The van der Waals surface area contributed by atoms with Crippen LogP contribution in [0.4, 0.5) is 11.6 Å². The molecule has 0 saturated heterocycles. The number of nitrogens with one attached hydrogen (secondary N) is 1. The Morgan fingerprint density at radius 3 is 2.52 bits per heavy atom. The Balaban J connectivity index is 1.83. The van der Waals surface area contributed by atoms with Crippen LogP contribution in [0.2, 0.25) is 19.6 Å². The van der Waals surface area contributed by atoms with Gasteiger partial charge < -0.3 is 11.1 Å². The molecule has 0 radical (unpaired) electrons. The molecular weight excluding hydrogens is 324 g/mol. The summed E-state index contributed by atoms with van der Waals surface area (Å²) in [5, 5.41) is 4.21. The molecule has 0 amide bonds. The standard InChI is InChI=1S/C20H22N4Si/c1-25(2,3)11-10-15-6-9-19-17(12-15)14-22-20(24-19)23-18-7-4-16(13-21)5-8-18/h4-9,12,14H,13,21H2,1-3H3,(H,22,23,24). The number of benzene rings is 2. The molecule has 2 aromatic carbocycles. The Bertz CT molecular complexity index is 947. The first kappa shape index (κ1) is 17.2. The van der Waals surface area contributed by atoms with Crippen LogP contribution >= 0.6 is 0 Å². The van der Waals surface area contributed by atoms with Crippen molar-refractivity contribution in [2.75, 3.05) is 5.32 Å². The molecule has 1 heterocycles. The lowest BCUT2D eigenvalue weighted by Gasteiger charge is -2.07. The molecule has 0 spiro atoms. The smallest absolute Gasteiger partial charge is 0.227 e. The van der Waals surface area contributed by atoms with E-state index in [1.54, 1.807) is 0 Å². The Morgan fingerprint density at radius 2 is 1.84 bits per heavy atom. The zero-order valence-electron chi connectivity index (χ0n) is 14.8. The van der Waals surface area contributed by atoms with Gasteiger partial charge in [-0.3, -0.25) is 0 Å². The van der Waals surface area contributed by atoms with Gasteiger partial charge in [-0.2, -0.15) is 0 Å². The predicted molar refractivity (Wildman–Crippen MR) is 107 cm³/mol. The van der Waals surface area contributed by atoms with Crippen molar-refractivity contribution in [3.05, 3.63) is 59.8 Å². The lowest BCUT2D eigenvalue weighted by Crippen LogP contribution is -2.16. The minimum absolute atomic E-state index is 0.537. The molecule has 0 saturated carbocycles. The molecule has 4 nitrogen and oxygen atoms in total. The average Bonchev–Trinajstić information content (AvgIpc) is 2.60. The molecule has 0 atom stereocenters. The lowest BCUT2D eigenvalue weighted by molar-refractivity contribution is 1.07. The molecule has 126 valence electrons. The fourth-order valence-electron chi connectivity index (χ4n) is 2.28. The van der Waals surface area contributed by atoms with Gasteiger partial charge in [0.05, 0.1) is 5.52 Å². The fourth-order valence-corrected chi connectivity index (χ4v) is 2.80. The highest BCUT2D eigenvalue weighted by Crippen LogP contribution is 2.18. The Labute approximate surface area is 149 Å². The Hall–Kier alpha value is -2.68. The van der Waals surface area contributed by atoms with Crippen LogP contribution < -0.4 is 11.1 Å². The van der Waals surface area contributed by atoms with Crippen LogP contribution in [-0.2, 0) is 6.54 Å². The molecule has 0 aliphatic rings. The third-order valence-corrected chi connectivity index (χ3v) is 4.48. The molecule has 0 unspecified atom stereocenters. The summed E-state index contributed by atoms with van der Waals surface area (Å²) in [7, 11) is -1.38. The SMILES string of the molecule is C[Si](C)(C)C#Cc1ccc2nc(Nc3ccc(CN)cc3)ncc2c1. The van der Waals surface area contributed by atoms with Gasteiger partial charge in [-0.15, -0.1) is 5.54 Å². The van der Waals surface area contributed by atoms with E-state index in [-0.39, 0.29) is 0 Å². The van der Waals surface area contributed by atoms with E-state index >= 15 is 0 Å². The number of nitrogens with two attached hydrogens (primary N) is 1. The zero-order valence-corrected chi connectivity index (χ0v) is 15.8. The van der Waals surface area contributed by atoms with Gasteiger partial charge in [0.15, 0.2) is 0 Å². The van der Waals surface area contributed by atoms with Crippen molar-refractivity contribution in [1.29, 1.82) is 0 Å². The summed E-state index contributed by atoms with van der Waals surface area (Å²) in [6.45, 7) is 7.25. The summed E-state index contributed by atoms with van der Waals surface area (Å²) in [6.07, 6.45) is 1.83. The van der Waals surface area contributed by atoms with Gasteiger partial charge in [0.25, 0.3) is 0 Å². The van der Waals surface area contributed by atoms with Crippen molar-refractivity contribution in [3.8, 4) is 11.5 Å². The van der Waals surface area contributed by atoms with Crippen LogP contribution in [0.5, 0.6) is 0 Å². The number of aromatic nitrogens is 2. The number of rotatable bonds is 3. The van der Waals surface area contributed by atoms with Gasteiger partial charge in [0, 0.05) is 29.4 Å². The Morgan fingerprint density at radius 1 is 1.08 bits per heavy atom. The van der Waals surface area contributed by atoms with Crippen molar-refractivity contribution in [1.82, 2.24) is 9.97 Å². The van der Waals surface area contributed by atoms with Gasteiger partial charge in [-0.25, -0.2) is 9.97 Å². The summed E-state index contributed by atoms with van der Waals surface area (Å²) in [4.78, 5) is 8.98. The first-order valence-corrected chi connectivity index (χ1v) is 11.8. The van der Waals surface area contributed by atoms with Crippen LogP contribution in [0.25, 0.3) is 10.9 Å². The maximum absolute atomic E-state index is 5.62. The van der Waals surface area contributed by atoms with Crippen molar-refractivity contribution >= 4 is 30.6 Å². The van der Waals surface area contributed by atoms with E-state index in [1.165, 1.54) is 0 Å². The van der Waals surface area contributed by atoms with E-state index in [4.69, 9.17) is 5.73 Å². The van der Waals surface area contributed by atoms with Gasteiger partial charge in [0.2, 0.25) is 5.95 Å². The van der Waals surface area contributed by atoms with Gasteiger partial charge in [-0.1, -0.05) is 37.7 Å². The van der Waals surface area contributed by atoms with E-state index in [1.807, 2.05) is 48.7 Å². The van der Waals surface area contributed by atoms with E-state index < -0.39 is 8.07 Å². The lowest BCUT2D eigenvalue weighted by atomic mass is 10.1. The summed E-state index contributed by atoms with van der Waals surface area (Å²) in [5.41, 5.74) is 12.9. The van der Waals surface area contributed by atoms with Gasteiger partial charge in [-0.05, 0) is 35.9 Å². The molecule has 5 heteroatoms. The highest BCUT2D eigenvalue weighted by Gasteiger charge is 2.07. The van der Waals surface area contributed by atoms with Crippen molar-refractivity contribution in [2.24, 2.45) is 5.73 Å². The van der Waals surface area contributed by atoms with Crippen LogP contribution in [-0.4, -0.2) is 18.0 Å². The third kappa shape index (κ3) is 4.66. The average molecular weight is 347 g/mol. The van der Waals surface area contributed by atoms with Crippen LogP contribution in [0, 0.1) is 11.5 Å². The highest BCUT2D eigenvalue weighted by molar-refractivity contribution is 6.83. The fraction of sp³-hybridized carbons (Fsp3) is 0.200. The van der Waals surface area contributed by atoms with E-state index in [2.05, 4.69) is 46.4 Å². The van der Waals surface area contributed by atoms with Gasteiger partial charge in [0.1, 0.15) is 8.07 Å². The molecule has 0 fully saturated rings. The van der Waals surface area contributed by atoms with Crippen LogP contribution in [0.1, 0.15) is 11.1 Å². The molecule has 3 N–H and O–H groups in total. The van der Waals surface area contributed by atoms with E-state index in [0.717, 1.165) is 27.7 Å². The van der Waals surface area contributed by atoms with E-state index in [0.29, 0.717) is 12.5 Å². The molecule has 25 heavy (non-hydrogen) atoms. The highest BCUT2D eigenvalue weighted by atomic mass is 28.3. The van der Waals surface area contributed by atoms with E-state index in [9.17, 15) is 0 Å². The van der Waals surface area contributed by atoms with Crippen LogP contribution in [0.3, 0.4) is 0 Å². The maximum Gasteiger partial charge on any atom is 0.227 e. The summed E-state index contributed by atoms with van der Waals surface area (Å²) >= 11 is 0. The normalized spacial score (nSPS) is 11.0. The second kappa shape index (κ2) is 7.05. The molecule has 0 bridgehead atoms. The largest absolute Gasteiger partial charge is 0.326 e. The molecular formula is C20H22N4Si. The minimum Gasteiger partial charge on any atom is -0.326 e. The van der Waals surface area contributed by atoms with Crippen molar-refractivity contribution in [2.45, 2.75) is 26.2 Å². The molecule has 3 rings (SSSR count).